The Morgan fingerprint density at radius 1 is 1.56 bits per heavy atom. The summed E-state index contributed by atoms with van der Waals surface area (Å²) >= 11 is 7.63. The van der Waals surface area contributed by atoms with Gasteiger partial charge in [0, 0.05) is 18.0 Å². The van der Waals surface area contributed by atoms with Crippen LogP contribution in [0.1, 0.15) is 36.6 Å². The highest BCUT2D eigenvalue weighted by atomic mass is 35.5. The Kier molecular flexibility index (Phi) is 3.90. The van der Waals surface area contributed by atoms with Crippen LogP contribution in [0.2, 0.25) is 4.34 Å². The van der Waals surface area contributed by atoms with E-state index >= 15 is 0 Å². The number of hydrogen-bond acceptors (Lipinski definition) is 3. The zero-order valence-corrected chi connectivity index (χ0v) is 11.3. The minimum Gasteiger partial charge on any atom is -0.378 e. The van der Waals surface area contributed by atoms with E-state index in [0.29, 0.717) is 6.04 Å². The molecule has 1 aromatic heterocycles. The predicted molar refractivity (Wildman–Crippen MR) is 69.3 cm³/mol. The molecule has 0 aliphatic heterocycles. The molecule has 1 aliphatic rings. The Hall–Kier alpha value is -0.0900. The van der Waals surface area contributed by atoms with E-state index in [1.54, 1.807) is 11.3 Å². The number of hydrogen-bond donors (Lipinski definition) is 1. The van der Waals surface area contributed by atoms with Gasteiger partial charge in [0.15, 0.2) is 0 Å². The lowest BCUT2D eigenvalue weighted by Gasteiger charge is -2.42. The number of nitrogens with one attached hydrogen (secondary N) is 1. The lowest BCUT2D eigenvalue weighted by Crippen LogP contribution is -2.42. The summed E-state index contributed by atoms with van der Waals surface area (Å²) in [5.41, 5.74) is 0.101. The number of halogens is 1. The molecule has 1 N–H and O–H groups in total. The van der Waals surface area contributed by atoms with Crippen LogP contribution in [0.3, 0.4) is 0 Å². The minimum atomic E-state index is 0.101. The number of thiophene rings is 1. The molecule has 1 saturated carbocycles. The maximum Gasteiger partial charge on any atom is 0.0931 e. The Labute approximate surface area is 106 Å². The molecule has 0 radical (unpaired) electrons. The summed E-state index contributed by atoms with van der Waals surface area (Å²) in [6, 6.07) is 4.43. The summed E-state index contributed by atoms with van der Waals surface area (Å²) in [7, 11) is 3.83. The smallest absolute Gasteiger partial charge is 0.0931 e. The summed E-state index contributed by atoms with van der Waals surface area (Å²) < 4.78 is 6.52. The standard InChI is InChI=1S/C12H18ClNOS/c1-14-9(10-4-5-11(13)16-10)8-12(15-2)6-3-7-12/h4-5,9,14H,3,6-8H2,1-2H3. The van der Waals surface area contributed by atoms with Crippen molar-refractivity contribution in [3.05, 3.63) is 21.3 Å². The second kappa shape index (κ2) is 5.05. The Balaban J connectivity index is 2.05. The van der Waals surface area contributed by atoms with Crippen LogP contribution in [0.15, 0.2) is 12.1 Å². The Bertz CT molecular complexity index is 343. The van der Waals surface area contributed by atoms with Gasteiger partial charge in [0.1, 0.15) is 0 Å². The molecular formula is C12H18ClNOS. The molecule has 2 rings (SSSR count). The van der Waals surface area contributed by atoms with Gasteiger partial charge in [-0.2, -0.15) is 0 Å². The molecule has 1 atom stereocenters. The molecule has 1 aromatic rings. The molecule has 1 unspecified atom stereocenters. The predicted octanol–water partition coefficient (Wildman–Crippen LogP) is 3.62. The third-order valence-electron chi connectivity index (χ3n) is 3.56. The van der Waals surface area contributed by atoms with Gasteiger partial charge in [0.05, 0.1) is 9.94 Å². The van der Waals surface area contributed by atoms with Gasteiger partial charge in [-0.1, -0.05) is 11.6 Å². The van der Waals surface area contributed by atoms with Crippen LogP contribution < -0.4 is 5.32 Å². The molecule has 0 spiro atoms. The zero-order valence-electron chi connectivity index (χ0n) is 9.75. The second-order valence-corrected chi connectivity index (χ2v) is 6.17. The third-order valence-corrected chi connectivity index (χ3v) is 4.90. The molecule has 0 aromatic carbocycles. The maximum absolute atomic E-state index is 5.97. The average molecular weight is 260 g/mol. The molecule has 2 nitrogen and oxygen atoms in total. The maximum atomic E-state index is 5.97. The molecule has 4 heteroatoms. The lowest BCUT2D eigenvalue weighted by atomic mass is 9.75. The monoisotopic (exact) mass is 259 g/mol. The fourth-order valence-corrected chi connectivity index (χ4v) is 3.47. The van der Waals surface area contributed by atoms with E-state index < -0.39 is 0 Å². The van der Waals surface area contributed by atoms with Gasteiger partial charge in [0.25, 0.3) is 0 Å². The molecule has 1 heterocycles. The minimum absolute atomic E-state index is 0.101. The topological polar surface area (TPSA) is 21.3 Å². The van der Waals surface area contributed by atoms with Crippen molar-refractivity contribution < 1.29 is 4.74 Å². The Morgan fingerprint density at radius 3 is 2.69 bits per heavy atom. The average Bonchev–Trinajstić information content (AvgIpc) is 2.65. The molecule has 0 saturated heterocycles. The van der Waals surface area contributed by atoms with Crippen molar-refractivity contribution in [1.29, 1.82) is 0 Å². The van der Waals surface area contributed by atoms with E-state index in [-0.39, 0.29) is 5.60 Å². The van der Waals surface area contributed by atoms with Crippen molar-refractivity contribution in [2.45, 2.75) is 37.3 Å². The van der Waals surface area contributed by atoms with E-state index in [1.165, 1.54) is 24.1 Å². The van der Waals surface area contributed by atoms with E-state index in [1.807, 2.05) is 20.2 Å². The van der Waals surface area contributed by atoms with Crippen LogP contribution in [0.5, 0.6) is 0 Å². The molecule has 0 amide bonds. The van der Waals surface area contributed by atoms with Crippen molar-refractivity contribution in [3.63, 3.8) is 0 Å². The first-order chi connectivity index (χ1) is 7.69. The van der Waals surface area contributed by atoms with Gasteiger partial charge >= 0.3 is 0 Å². The highest BCUT2D eigenvalue weighted by Gasteiger charge is 2.39. The van der Waals surface area contributed by atoms with Gasteiger partial charge < -0.3 is 10.1 Å². The Morgan fingerprint density at radius 2 is 2.31 bits per heavy atom. The van der Waals surface area contributed by atoms with Crippen LogP contribution in [-0.2, 0) is 4.74 Å². The first kappa shape index (κ1) is 12.4. The largest absolute Gasteiger partial charge is 0.378 e. The first-order valence-electron chi connectivity index (χ1n) is 5.67. The van der Waals surface area contributed by atoms with Crippen LogP contribution in [0.25, 0.3) is 0 Å². The van der Waals surface area contributed by atoms with Crippen molar-refractivity contribution in [2.75, 3.05) is 14.2 Å². The van der Waals surface area contributed by atoms with E-state index in [4.69, 9.17) is 16.3 Å². The third kappa shape index (κ3) is 2.43. The fraction of sp³-hybridized carbons (Fsp3) is 0.667. The van der Waals surface area contributed by atoms with Crippen LogP contribution in [0, 0.1) is 0 Å². The molecule has 16 heavy (non-hydrogen) atoms. The second-order valence-electron chi connectivity index (χ2n) is 4.43. The quantitative estimate of drug-likeness (QED) is 0.872. The summed E-state index contributed by atoms with van der Waals surface area (Å²) in [6.07, 6.45) is 4.69. The van der Waals surface area contributed by atoms with E-state index in [0.717, 1.165) is 10.8 Å². The van der Waals surface area contributed by atoms with Gasteiger partial charge in [-0.3, -0.25) is 0 Å². The summed E-state index contributed by atoms with van der Waals surface area (Å²) in [5.74, 6) is 0. The van der Waals surface area contributed by atoms with Crippen LogP contribution in [-0.4, -0.2) is 19.8 Å². The summed E-state index contributed by atoms with van der Waals surface area (Å²) in [6.45, 7) is 0. The SMILES string of the molecule is CNC(CC1(OC)CCC1)c1ccc(Cl)s1. The van der Waals surface area contributed by atoms with Gasteiger partial charge in [-0.25, -0.2) is 0 Å². The lowest BCUT2D eigenvalue weighted by molar-refractivity contribution is -0.0832. The van der Waals surface area contributed by atoms with Crippen molar-refractivity contribution in [1.82, 2.24) is 5.32 Å². The van der Waals surface area contributed by atoms with E-state index in [2.05, 4.69) is 11.4 Å². The van der Waals surface area contributed by atoms with Crippen LogP contribution in [0.4, 0.5) is 0 Å². The van der Waals surface area contributed by atoms with Gasteiger partial charge in [-0.05, 0) is 44.9 Å². The zero-order chi connectivity index (χ0) is 11.6. The first-order valence-corrected chi connectivity index (χ1v) is 6.86. The molecule has 1 fully saturated rings. The number of ether oxygens (including phenoxy) is 1. The normalized spacial score (nSPS) is 20.4. The molecule has 0 bridgehead atoms. The molecule has 1 aliphatic carbocycles. The van der Waals surface area contributed by atoms with Crippen molar-refractivity contribution in [2.24, 2.45) is 0 Å². The molecular weight excluding hydrogens is 242 g/mol. The van der Waals surface area contributed by atoms with Crippen molar-refractivity contribution in [3.8, 4) is 0 Å². The highest BCUT2D eigenvalue weighted by Crippen LogP contribution is 2.43. The number of rotatable bonds is 5. The molecule has 90 valence electrons. The van der Waals surface area contributed by atoms with Gasteiger partial charge in [-0.15, -0.1) is 11.3 Å². The fourth-order valence-electron chi connectivity index (χ4n) is 2.30. The van der Waals surface area contributed by atoms with Crippen molar-refractivity contribution >= 4 is 22.9 Å². The number of methoxy groups -OCH3 is 1. The van der Waals surface area contributed by atoms with Crippen LogP contribution >= 0.6 is 22.9 Å². The summed E-state index contributed by atoms with van der Waals surface area (Å²) in [4.78, 5) is 1.30. The van der Waals surface area contributed by atoms with E-state index in [9.17, 15) is 0 Å². The summed E-state index contributed by atoms with van der Waals surface area (Å²) in [5, 5.41) is 3.36. The van der Waals surface area contributed by atoms with Gasteiger partial charge in [0.2, 0.25) is 0 Å². The highest BCUT2D eigenvalue weighted by molar-refractivity contribution is 7.16.